The first-order chi connectivity index (χ1) is 34.4. The zero-order chi connectivity index (χ0) is 52.3. The van der Waals surface area contributed by atoms with Crippen LogP contribution in [0, 0.1) is 17.8 Å². The third-order valence-electron chi connectivity index (χ3n) is 10.3. The zero-order valence-electron chi connectivity index (χ0n) is 45.7. The number of hydrogen-bond donors (Lipinski definition) is 2. The molecule has 71 heavy (non-hydrogen) atoms. The van der Waals surface area contributed by atoms with E-state index in [4.69, 9.17) is 61.6 Å². The van der Waals surface area contributed by atoms with Crippen LogP contribution in [0.1, 0.15) is 87.5 Å². The molecular formula is C51H102N4O16. The molecule has 0 bridgehead atoms. The Kier molecular flexibility index (Phi) is 51.1. The summed E-state index contributed by atoms with van der Waals surface area (Å²) >= 11 is 0. The van der Waals surface area contributed by atoms with Gasteiger partial charge < -0.3 is 77.1 Å². The van der Waals surface area contributed by atoms with Crippen LogP contribution < -0.4 is 10.6 Å². The second kappa shape index (κ2) is 52.7. The van der Waals surface area contributed by atoms with Crippen molar-refractivity contribution >= 4 is 17.7 Å². The van der Waals surface area contributed by atoms with Gasteiger partial charge in [0.05, 0.1) is 152 Å². The van der Waals surface area contributed by atoms with Crippen molar-refractivity contribution in [3.05, 3.63) is 0 Å². The van der Waals surface area contributed by atoms with Crippen LogP contribution >= 0.6 is 0 Å². The third kappa shape index (κ3) is 52.5. The van der Waals surface area contributed by atoms with E-state index in [-0.39, 0.29) is 37.4 Å². The van der Waals surface area contributed by atoms with E-state index < -0.39 is 0 Å². The third-order valence-corrected chi connectivity index (χ3v) is 10.3. The largest absolute Gasteiger partial charge is 0.379 e. The van der Waals surface area contributed by atoms with Crippen molar-refractivity contribution in [2.45, 2.75) is 93.5 Å². The first-order valence-corrected chi connectivity index (χ1v) is 26.5. The number of nitrogens with zero attached hydrogens (tertiary/aromatic N) is 2. The number of nitrogens with one attached hydrogen (secondary N) is 2. The van der Waals surface area contributed by atoms with Crippen molar-refractivity contribution in [3.8, 4) is 0 Å². The van der Waals surface area contributed by atoms with Crippen molar-refractivity contribution < 1.29 is 76.0 Å². The maximum absolute atomic E-state index is 13.2. The molecule has 0 saturated heterocycles. The van der Waals surface area contributed by atoms with Gasteiger partial charge in [-0.05, 0) is 44.4 Å². The molecule has 0 aliphatic heterocycles. The average Bonchev–Trinajstić information content (AvgIpc) is 3.32. The van der Waals surface area contributed by atoms with Crippen LogP contribution in [0.25, 0.3) is 0 Å². The highest BCUT2D eigenvalue weighted by atomic mass is 16.7. The summed E-state index contributed by atoms with van der Waals surface area (Å²) in [5, 5.41) is 5.64. The van der Waals surface area contributed by atoms with Crippen molar-refractivity contribution in [2.75, 3.05) is 205 Å². The molecule has 422 valence electrons. The number of hydrogen-bond acceptors (Lipinski definition) is 17. The maximum Gasteiger partial charge on any atom is 0.225 e. The molecule has 2 N–H and O–H groups in total. The molecule has 0 fully saturated rings. The number of rotatable bonds is 56. The fourth-order valence-electron chi connectivity index (χ4n) is 6.00. The molecule has 0 unspecified atom stereocenters. The summed E-state index contributed by atoms with van der Waals surface area (Å²) < 4.78 is 73.0. The van der Waals surface area contributed by atoms with Crippen LogP contribution in [0.5, 0.6) is 0 Å². The molecule has 0 aliphatic rings. The maximum atomic E-state index is 13.2. The normalized spacial score (nSPS) is 11.8. The Morgan fingerprint density at radius 3 is 1.13 bits per heavy atom. The molecule has 0 radical (unpaired) electrons. The summed E-state index contributed by atoms with van der Waals surface area (Å²) in [6, 6.07) is 0.319. The molecule has 20 heteroatoms. The predicted octanol–water partition coefficient (Wildman–Crippen LogP) is 3.85. The SMILES string of the molecule is CC(C)CCOCCOCCOCCN(CCOCCOCOCCC(C)C)C(=O)CCOCCOCCN(CCOCCOCCC(=O)NCCOCCOCCOCCNC(=O)CC(C)C)C(C)C. The van der Waals surface area contributed by atoms with Crippen molar-refractivity contribution in [2.24, 2.45) is 17.8 Å². The van der Waals surface area contributed by atoms with Crippen LogP contribution in [-0.4, -0.2) is 238 Å². The number of carbonyl (C=O) groups excluding carboxylic acids is 3. The minimum absolute atomic E-state index is 0.0268. The van der Waals surface area contributed by atoms with Gasteiger partial charge in [-0.3, -0.25) is 19.3 Å². The van der Waals surface area contributed by atoms with Crippen LogP contribution in [0.2, 0.25) is 0 Å². The lowest BCUT2D eigenvalue weighted by atomic mass is 10.1. The summed E-state index contributed by atoms with van der Waals surface area (Å²) in [7, 11) is 0. The summed E-state index contributed by atoms with van der Waals surface area (Å²) in [6.45, 7) is 31.5. The molecule has 0 aromatic carbocycles. The van der Waals surface area contributed by atoms with Crippen molar-refractivity contribution in [3.63, 3.8) is 0 Å². The highest BCUT2D eigenvalue weighted by Crippen LogP contribution is 2.02. The standard InChI is InChI=1S/C51H102N4O16/c1-45(2)9-19-59-31-37-68-40-36-66-27-17-55(18-28-67-41-42-71-44-70-20-10-46(3)4)51(58)12-22-61-30-35-65-26-16-54(48(7)8)15-25-64-34-29-60-21-11-49(56)52-13-23-62-32-38-69-39-33-63-24-14-53-50(57)43-47(5)6/h45-48H,9-44H2,1-8H3,(H,52,56)(H,53,57). The van der Waals surface area contributed by atoms with Gasteiger partial charge in [-0.25, -0.2) is 0 Å². The van der Waals surface area contributed by atoms with E-state index >= 15 is 0 Å². The molecule has 0 saturated carbocycles. The van der Waals surface area contributed by atoms with Crippen LogP contribution in [-0.2, 0) is 76.0 Å². The summed E-state index contributed by atoms with van der Waals surface area (Å²) in [4.78, 5) is 40.9. The fraction of sp³-hybridized carbons (Fsp3) is 0.941. The molecule has 0 aliphatic carbocycles. The molecule has 0 rings (SSSR count). The first-order valence-electron chi connectivity index (χ1n) is 26.5. The predicted molar refractivity (Wildman–Crippen MR) is 273 cm³/mol. The topological polar surface area (TPSA) is 202 Å². The number of ether oxygens (including phenoxy) is 13. The van der Waals surface area contributed by atoms with E-state index in [1.807, 2.05) is 13.8 Å². The number of amides is 3. The lowest BCUT2D eigenvalue weighted by Gasteiger charge is -2.26. The Hall–Kier alpha value is -2.15. The summed E-state index contributed by atoms with van der Waals surface area (Å²) in [6.07, 6.45) is 3.06. The van der Waals surface area contributed by atoms with E-state index in [0.717, 1.165) is 32.5 Å². The summed E-state index contributed by atoms with van der Waals surface area (Å²) in [5.74, 6) is 1.47. The summed E-state index contributed by atoms with van der Waals surface area (Å²) in [5.41, 5.74) is 0. The Labute approximate surface area is 429 Å². The lowest BCUT2D eigenvalue weighted by Crippen LogP contribution is -2.37. The van der Waals surface area contributed by atoms with E-state index in [9.17, 15) is 14.4 Å². The Morgan fingerprint density at radius 1 is 0.352 bits per heavy atom. The second-order valence-electron chi connectivity index (χ2n) is 18.3. The molecular weight excluding hydrogens is 925 g/mol. The highest BCUT2D eigenvalue weighted by Gasteiger charge is 2.14. The average molecular weight is 1030 g/mol. The van der Waals surface area contributed by atoms with Gasteiger partial charge >= 0.3 is 0 Å². The van der Waals surface area contributed by atoms with Gasteiger partial charge in [0.25, 0.3) is 0 Å². The van der Waals surface area contributed by atoms with Crippen molar-refractivity contribution in [1.82, 2.24) is 20.4 Å². The molecule has 0 atom stereocenters. The highest BCUT2D eigenvalue weighted by molar-refractivity contribution is 5.76. The molecule has 0 aromatic heterocycles. The van der Waals surface area contributed by atoms with Gasteiger partial charge in [-0.1, -0.05) is 41.5 Å². The molecule has 3 amide bonds. The van der Waals surface area contributed by atoms with Gasteiger partial charge in [-0.15, -0.1) is 0 Å². The Balaban J connectivity index is 4.04. The first kappa shape index (κ1) is 68.8. The van der Waals surface area contributed by atoms with Gasteiger partial charge in [0.1, 0.15) is 6.79 Å². The molecule has 0 aromatic rings. The lowest BCUT2D eigenvalue weighted by molar-refractivity contribution is -0.134. The van der Waals surface area contributed by atoms with E-state index in [1.165, 1.54) is 0 Å². The smallest absolute Gasteiger partial charge is 0.225 e. The van der Waals surface area contributed by atoms with Crippen LogP contribution in [0.3, 0.4) is 0 Å². The van der Waals surface area contributed by atoms with E-state index in [0.29, 0.717) is 208 Å². The Bertz CT molecular complexity index is 1180. The zero-order valence-corrected chi connectivity index (χ0v) is 45.7. The molecule has 0 spiro atoms. The van der Waals surface area contributed by atoms with E-state index in [1.54, 1.807) is 4.90 Å². The quantitative estimate of drug-likeness (QED) is 0.0657. The second-order valence-corrected chi connectivity index (χ2v) is 18.3. The van der Waals surface area contributed by atoms with Crippen LogP contribution in [0.15, 0.2) is 0 Å². The number of carbonyl (C=O) groups is 3. The van der Waals surface area contributed by atoms with Gasteiger partial charge in [0.15, 0.2) is 0 Å². The van der Waals surface area contributed by atoms with Crippen molar-refractivity contribution in [1.29, 1.82) is 0 Å². The van der Waals surface area contributed by atoms with Crippen LogP contribution in [0.4, 0.5) is 0 Å². The molecule has 20 nitrogen and oxygen atoms in total. The molecule has 0 heterocycles. The van der Waals surface area contributed by atoms with Gasteiger partial charge in [0.2, 0.25) is 17.7 Å². The monoisotopic (exact) mass is 1030 g/mol. The minimum Gasteiger partial charge on any atom is -0.379 e. The minimum atomic E-state index is -0.0962. The Morgan fingerprint density at radius 2 is 0.690 bits per heavy atom. The van der Waals surface area contributed by atoms with Gasteiger partial charge in [0, 0.05) is 71.4 Å². The van der Waals surface area contributed by atoms with Gasteiger partial charge in [-0.2, -0.15) is 0 Å². The van der Waals surface area contributed by atoms with E-state index in [2.05, 4.69) is 57.1 Å². The fourth-order valence-corrected chi connectivity index (χ4v) is 6.00.